The molecule has 4 heterocycles. The van der Waals surface area contributed by atoms with E-state index in [9.17, 15) is 4.79 Å². The molecule has 0 spiro atoms. The summed E-state index contributed by atoms with van der Waals surface area (Å²) < 4.78 is 2.12. The molecule has 30 heavy (non-hydrogen) atoms. The summed E-state index contributed by atoms with van der Waals surface area (Å²) in [5, 5.41) is 3.77. The number of nitrogens with zero attached hydrogens (tertiary/aromatic N) is 4. The second-order valence-corrected chi connectivity index (χ2v) is 8.11. The molecule has 1 atom stereocenters. The number of hydrogen-bond acceptors (Lipinski definition) is 4. The highest BCUT2D eigenvalue weighted by molar-refractivity contribution is 6.30. The molecule has 1 aromatic carbocycles. The number of rotatable bonds is 4. The zero-order chi connectivity index (χ0) is 20.5. The third-order valence-corrected chi connectivity index (χ3v) is 5.94. The van der Waals surface area contributed by atoms with E-state index >= 15 is 0 Å². The highest BCUT2D eigenvalue weighted by atomic mass is 35.5. The summed E-state index contributed by atoms with van der Waals surface area (Å²) in [5.41, 5.74) is 3.77. The fourth-order valence-electron chi connectivity index (χ4n) is 4.15. The zero-order valence-corrected chi connectivity index (χ0v) is 17.2. The van der Waals surface area contributed by atoms with Gasteiger partial charge in [-0.05, 0) is 54.8 Å². The number of fused-ring (bicyclic) bond motifs is 3. The summed E-state index contributed by atoms with van der Waals surface area (Å²) in [7, 11) is 0. The number of carbonyl (C=O) groups excluding carboxylic acids is 1. The summed E-state index contributed by atoms with van der Waals surface area (Å²) in [5.74, 6) is 0.906. The van der Waals surface area contributed by atoms with Crippen molar-refractivity contribution in [2.45, 2.75) is 19.4 Å². The molecule has 0 bridgehead atoms. The smallest absolute Gasteiger partial charge is 0.225 e. The van der Waals surface area contributed by atoms with E-state index in [0.717, 1.165) is 41.8 Å². The van der Waals surface area contributed by atoms with Crippen LogP contribution in [0.3, 0.4) is 0 Å². The van der Waals surface area contributed by atoms with Crippen LogP contribution in [0.4, 0.5) is 5.82 Å². The van der Waals surface area contributed by atoms with Gasteiger partial charge in [0, 0.05) is 37.1 Å². The van der Waals surface area contributed by atoms with Crippen LogP contribution < -0.4 is 10.2 Å². The molecule has 1 amide bonds. The molecule has 1 aliphatic heterocycles. The van der Waals surface area contributed by atoms with Crippen molar-refractivity contribution in [1.82, 2.24) is 19.7 Å². The lowest BCUT2D eigenvalue weighted by Crippen LogP contribution is -2.43. The number of nitrogens with one attached hydrogen (secondary N) is 1. The molecule has 0 aliphatic carbocycles. The second-order valence-electron chi connectivity index (χ2n) is 7.67. The van der Waals surface area contributed by atoms with Crippen LogP contribution in [0.1, 0.15) is 18.4 Å². The number of amides is 1. The quantitative estimate of drug-likeness (QED) is 0.541. The van der Waals surface area contributed by atoms with E-state index in [1.807, 2.05) is 48.7 Å². The predicted octanol–water partition coefficient (Wildman–Crippen LogP) is 4.07. The fourth-order valence-corrected chi connectivity index (χ4v) is 4.27. The maximum Gasteiger partial charge on any atom is 0.225 e. The lowest BCUT2D eigenvalue weighted by Gasteiger charge is -2.33. The van der Waals surface area contributed by atoms with Gasteiger partial charge in [0.25, 0.3) is 0 Å². The highest BCUT2D eigenvalue weighted by Gasteiger charge is 2.28. The monoisotopic (exact) mass is 419 g/mol. The van der Waals surface area contributed by atoms with Gasteiger partial charge in [0.1, 0.15) is 0 Å². The summed E-state index contributed by atoms with van der Waals surface area (Å²) in [6, 6.07) is 15.6. The molecule has 5 rings (SSSR count). The van der Waals surface area contributed by atoms with E-state index in [0.29, 0.717) is 23.8 Å². The molecule has 6 nitrogen and oxygen atoms in total. The first kappa shape index (κ1) is 18.9. The largest absolute Gasteiger partial charge is 0.354 e. The van der Waals surface area contributed by atoms with Gasteiger partial charge >= 0.3 is 0 Å². The van der Waals surface area contributed by atoms with Crippen LogP contribution in [0.2, 0.25) is 5.02 Å². The minimum Gasteiger partial charge on any atom is -0.354 e. The van der Waals surface area contributed by atoms with Crippen LogP contribution in [0, 0.1) is 5.92 Å². The third-order valence-electron chi connectivity index (χ3n) is 5.69. The first-order valence-electron chi connectivity index (χ1n) is 10.2. The van der Waals surface area contributed by atoms with Crippen molar-refractivity contribution in [2.24, 2.45) is 5.92 Å². The summed E-state index contributed by atoms with van der Waals surface area (Å²) in [6.45, 7) is 2.04. The minimum absolute atomic E-state index is 0.0673. The Balaban J connectivity index is 1.35. The van der Waals surface area contributed by atoms with E-state index in [1.54, 1.807) is 6.20 Å². The fraction of sp³-hybridized carbons (Fsp3) is 0.261. The number of halogens is 1. The Kier molecular flexibility index (Phi) is 5.01. The van der Waals surface area contributed by atoms with Crippen LogP contribution in [0.25, 0.3) is 16.7 Å². The van der Waals surface area contributed by atoms with Crippen molar-refractivity contribution in [3.8, 4) is 0 Å². The van der Waals surface area contributed by atoms with Crippen molar-refractivity contribution in [1.29, 1.82) is 0 Å². The Morgan fingerprint density at radius 3 is 2.83 bits per heavy atom. The second kappa shape index (κ2) is 7.95. The number of piperidine rings is 1. The van der Waals surface area contributed by atoms with Crippen LogP contribution in [0.5, 0.6) is 0 Å². The van der Waals surface area contributed by atoms with E-state index in [-0.39, 0.29) is 11.8 Å². The first-order chi connectivity index (χ1) is 14.7. The number of pyridine rings is 1. The predicted molar refractivity (Wildman–Crippen MR) is 119 cm³/mol. The van der Waals surface area contributed by atoms with Gasteiger partial charge in [-0.15, -0.1) is 0 Å². The Morgan fingerprint density at radius 1 is 1.13 bits per heavy atom. The van der Waals surface area contributed by atoms with Crippen molar-refractivity contribution < 1.29 is 4.79 Å². The van der Waals surface area contributed by atoms with Crippen LogP contribution in [-0.2, 0) is 11.3 Å². The average molecular weight is 420 g/mol. The van der Waals surface area contributed by atoms with E-state index in [2.05, 4.69) is 25.7 Å². The van der Waals surface area contributed by atoms with Crippen LogP contribution >= 0.6 is 11.6 Å². The van der Waals surface area contributed by atoms with Crippen LogP contribution in [-0.4, -0.2) is 33.4 Å². The SMILES string of the molecule is O=C(NCc1ccc(Cl)cc1)C1CCCN(c2nc3ncccc3n3cccc23)C1. The maximum absolute atomic E-state index is 12.8. The topological polar surface area (TPSA) is 62.5 Å². The summed E-state index contributed by atoms with van der Waals surface area (Å²) in [6.07, 6.45) is 5.63. The Bertz CT molecular complexity index is 1200. The van der Waals surface area contributed by atoms with E-state index in [1.165, 1.54) is 0 Å². The van der Waals surface area contributed by atoms with Gasteiger partial charge in [0.05, 0.1) is 17.0 Å². The van der Waals surface area contributed by atoms with Crippen molar-refractivity contribution in [3.05, 3.63) is 71.5 Å². The summed E-state index contributed by atoms with van der Waals surface area (Å²) in [4.78, 5) is 24.3. The molecule has 152 valence electrons. The molecular formula is C23H22ClN5O. The molecule has 7 heteroatoms. The number of carbonyl (C=O) groups is 1. The van der Waals surface area contributed by atoms with Gasteiger partial charge in [0.2, 0.25) is 5.91 Å². The highest BCUT2D eigenvalue weighted by Crippen LogP contribution is 2.28. The maximum atomic E-state index is 12.8. The molecule has 3 aromatic heterocycles. The van der Waals surface area contributed by atoms with Gasteiger partial charge in [-0.25, -0.2) is 9.97 Å². The van der Waals surface area contributed by atoms with Gasteiger partial charge in [-0.3, -0.25) is 4.79 Å². The van der Waals surface area contributed by atoms with Gasteiger partial charge in [0.15, 0.2) is 11.5 Å². The zero-order valence-electron chi connectivity index (χ0n) is 16.5. The van der Waals surface area contributed by atoms with Crippen molar-refractivity contribution in [3.63, 3.8) is 0 Å². The number of aromatic nitrogens is 3. The van der Waals surface area contributed by atoms with Crippen molar-refractivity contribution in [2.75, 3.05) is 18.0 Å². The lowest BCUT2D eigenvalue weighted by atomic mass is 9.97. The molecule has 1 fully saturated rings. The molecular weight excluding hydrogens is 398 g/mol. The summed E-state index contributed by atoms with van der Waals surface area (Å²) >= 11 is 5.94. The first-order valence-corrected chi connectivity index (χ1v) is 10.6. The van der Waals surface area contributed by atoms with Gasteiger partial charge in [-0.1, -0.05) is 23.7 Å². The van der Waals surface area contributed by atoms with E-state index in [4.69, 9.17) is 16.6 Å². The van der Waals surface area contributed by atoms with Gasteiger partial charge < -0.3 is 14.6 Å². The van der Waals surface area contributed by atoms with Crippen molar-refractivity contribution >= 4 is 40.0 Å². The number of benzene rings is 1. The number of anilines is 1. The molecule has 4 aromatic rings. The van der Waals surface area contributed by atoms with E-state index < -0.39 is 0 Å². The normalized spacial score (nSPS) is 16.8. The molecule has 1 N–H and O–H groups in total. The molecule has 0 saturated carbocycles. The molecule has 1 unspecified atom stereocenters. The Hall–Kier alpha value is -3.12. The average Bonchev–Trinajstić information content (AvgIpc) is 3.28. The lowest BCUT2D eigenvalue weighted by molar-refractivity contribution is -0.125. The Morgan fingerprint density at radius 2 is 1.97 bits per heavy atom. The molecule has 1 saturated heterocycles. The molecule has 0 radical (unpaired) electrons. The standard InChI is InChI=1S/C23H22ClN5O/c24-18-9-7-16(8-10-18)14-26-23(30)17-4-2-12-28(15-17)22-20-6-3-13-29(20)19-5-1-11-25-21(19)27-22/h1,3,5-11,13,17H,2,4,12,14-15H2,(H,26,30). The third kappa shape index (κ3) is 3.59. The Labute approximate surface area is 179 Å². The van der Waals surface area contributed by atoms with Crippen LogP contribution in [0.15, 0.2) is 60.9 Å². The van der Waals surface area contributed by atoms with Gasteiger partial charge in [-0.2, -0.15) is 0 Å². The minimum atomic E-state index is -0.0673. The number of hydrogen-bond donors (Lipinski definition) is 1. The molecule has 1 aliphatic rings.